The van der Waals surface area contributed by atoms with E-state index in [9.17, 15) is 0 Å². The Hall–Kier alpha value is -1.51. The Labute approximate surface area is 112 Å². The first-order valence-electron chi connectivity index (χ1n) is 5.76. The van der Waals surface area contributed by atoms with Crippen molar-refractivity contribution in [1.82, 2.24) is 0 Å². The van der Waals surface area contributed by atoms with Gasteiger partial charge >= 0.3 is 0 Å². The first kappa shape index (κ1) is 12.9. The van der Waals surface area contributed by atoms with Gasteiger partial charge in [-0.2, -0.15) is 0 Å². The smallest absolute Gasteiger partial charge is 0.120 e. The van der Waals surface area contributed by atoms with E-state index in [0.717, 1.165) is 22.4 Å². The normalized spacial score (nSPS) is 10.4. The molecule has 0 amide bonds. The van der Waals surface area contributed by atoms with E-state index in [-0.39, 0.29) is 6.61 Å². The minimum Gasteiger partial charge on any atom is -0.489 e. The molecular formula is C15H15ClO2. The average Bonchev–Trinajstić information content (AvgIpc) is 2.38. The lowest BCUT2D eigenvalue weighted by Crippen LogP contribution is -1.97. The molecular weight excluding hydrogens is 248 g/mol. The molecule has 0 unspecified atom stereocenters. The van der Waals surface area contributed by atoms with Gasteiger partial charge in [0.2, 0.25) is 0 Å². The fourth-order valence-electron chi connectivity index (χ4n) is 1.66. The van der Waals surface area contributed by atoms with E-state index >= 15 is 0 Å². The van der Waals surface area contributed by atoms with Crippen molar-refractivity contribution in [2.45, 2.75) is 20.1 Å². The van der Waals surface area contributed by atoms with E-state index in [0.29, 0.717) is 11.6 Å². The summed E-state index contributed by atoms with van der Waals surface area (Å²) in [5, 5.41) is 9.76. The summed E-state index contributed by atoms with van der Waals surface area (Å²) in [5.74, 6) is 0.734. The second-order valence-electron chi connectivity index (χ2n) is 4.19. The Balaban J connectivity index is 2.06. The van der Waals surface area contributed by atoms with Gasteiger partial charge in [-0.1, -0.05) is 35.9 Å². The number of rotatable bonds is 4. The molecule has 0 fully saturated rings. The Kier molecular flexibility index (Phi) is 4.24. The molecule has 2 aromatic rings. The van der Waals surface area contributed by atoms with Gasteiger partial charge in [0.15, 0.2) is 0 Å². The number of hydrogen-bond acceptors (Lipinski definition) is 2. The molecule has 0 atom stereocenters. The summed E-state index contributed by atoms with van der Waals surface area (Å²) in [4.78, 5) is 0. The van der Waals surface area contributed by atoms with E-state index in [1.54, 1.807) is 0 Å². The molecule has 0 bridgehead atoms. The maximum absolute atomic E-state index is 9.05. The van der Waals surface area contributed by atoms with Crippen LogP contribution in [-0.2, 0) is 13.2 Å². The van der Waals surface area contributed by atoms with Crippen LogP contribution >= 0.6 is 11.6 Å². The molecule has 3 heteroatoms. The number of ether oxygens (including phenoxy) is 1. The molecule has 2 nitrogen and oxygen atoms in total. The molecule has 2 rings (SSSR count). The third-order valence-electron chi connectivity index (χ3n) is 2.68. The Morgan fingerprint density at radius 2 is 2.00 bits per heavy atom. The summed E-state index contributed by atoms with van der Waals surface area (Å²) in [6.45, 7) is 2.44. The second-order valence-corrected chi connectivity index (χ2v) is 4.60. The maximum atomic E-state index is 9.05. The van der Waals surface area contributed by atoms with Crippen molar-refractivity contribution in [2.24, 2.45) is 0 Å². The van der Waals surface area contributed by atoms with Gasteiger partial charge < -0.3 is 9.84 Å². The number of aliphatic hydroxyl groups excluding tert-OH is 1. The van der Waals surface area contributed by atoms with Gasteiger partial charge in [-0.25, -0.2) is 0 Å². The van der Waals surface area contributed by atoms with Crippen LogP contribution in [0.4, 0.5) is 0 Å². The molecule has 94 valence electrons. The third kappa shape index (κ3) is 3.25. The van der Waals surface area contributed by atoms with Crippen LogP contribution in [-0.4, -0.2) is 5.11 Å². The molecule has 0 aliphatic heterocycles. The minimum absolute atomic E-state index is 0.0164. The first-order valence-corrected chi connectivity index (χ1v) is 6.14. The van der Waals surface area contributed by atoms with Crippen molar-refractivity contribution in [3.05, 3.63) is 64.2 Å². The van der Waals surface area contributed by atoms with E-state index in [4.69, 9.17) is 21.4 Å². The van der Waals surface area contributed by atoms with Crippen LogP contribution < -0.4 is 4.74 Å². The monoisotopic (exact) mass is 262 g/mol. The van der Waals surface area contributed by atoms with Crippen molar-refractivity contribution in [3.63, 3.8) is 0 Å². The molecule has 0 aliphatic carbocycles. The number of halogens is 1. The minimum atomic E-state index is 0.0164. The van der Waals surface area contributed by atoms with Gasteiger partial charge in [-0.05, 0) is 36.2 Å². The Morgan fingerprint density at radius 3 is 2.72 bits per heavy atom. The second kappa shape index (κ2) is 5.89. The maximum Gasteiger partial charge on any atom is 0.120 e. The topological polar surface area (TPSA) is 29.5 Å². The molecule has 0 spiro atoms. The van der Waals surface area contributed by atoms with E-state index in [2.05, 4.69) is 0 Å². The highest BCUT2D eigenvalue weighted by Crippen LogP contribution is 2.20. The van der Waals surface area contributed by atoms with Gasteiger partial charge in [-0.3, -0.25) is 0 Å². The van der Waals surface area contributed by atoms with Crippen molar-refractivity contribution in [3.8, 4) is 5.75 Å². The number of benzene rings is 2. The van der Waals surface area contributed by atoms with Crippen LogP contribution in [0.2, 0.25) is 5.02 Å². The summed E-state index contributed by atoms with van der Waals surface area (Å²) < 4.78 is 5.66. The predicted molar refractivity (Wildman–Crippen MR) is 72.9 cm³/mol. The largest absolute Gasteiger partial charge is 0.489 e. The lowest BCUT2D eigenvalue weighted by atomic mass is 10.1. The van der Waals surface area contributed by atoms with Crippen molar-refractivity contribution >= 4 is 11.6 Å². The predicted octanol–water partition coefficient (Wildman–Crippen LogP) is 3.72. The number of aliphatic hydroxyl groups is 1. The van der Waals surface area contributed by atoms with Crippen molar-refractivity contribution in [1.29, 1.82) is 0 Å². The summed E-state index contributed by atoms with van der Waals surface area (Å²) in [6, 6.07) is 13.3. The molecule has 1 N–H and O–H groups in total. The highest BCUT2D eigenvalue weighted by Gasteiger charge is 2.02. The quantitative estimate of drug-likeness (QED) is 0.910. The molecule has 0 heterocycles. The summed E-state index contributed by atoms with van der Waals surface area (Å²) in [5.41, 5.74) is 2.92. The highest BCUT2D eigenvalue weighted by molar-refractivity contribution is 6.31. The average molecular weight is 263 g/mol. The van der Waals surface area contributed by atoms with Crippen LogP contribution in [0, 0.1) is 6.92 Å². The third-order valence-corrected chi connectivity index (χ3v) is 3.04. The summed E-state index contributed by atoms with van der Waals surface area (Å²) >= 11 is 6.13. The zero-order valence-electron chi connectivity index (χ0n) is 10.2. The number of hydrogen-bond donors (Lipinski definition) is 1. The molecule has 2 aromatic carbocycles. The highest BCUT2D eigenvalue weighted by atomic mass is 35.5. The lowest BCUT2D eigenvalue weighted by molar-refractivity contribution is 0.278. The van der Waals surface area contributed by atoms with Crippen molar-refractivity contribution in [2.75, 3.05) is 0 Å². The van der Waals surface area contributed by atoms with E-state index in [1.165, 1.54) is 0 Å². The van der Waals surface area contributed by atoms with E-state index in [1.807, 2.05) is 49.4 Å². The molecule has 0 aliphatic rings. The van der Waals surface area contributed by atoms with Crippen LogP contribution in [0.5, 0.6) is 5.75 Å². The standard InChI is InChI=1S/C15H15ClO2/c1-11-5-6-13(15(16)7-11)10-18-14-4-2-3-12(8-14)9-17/h2-8,17H,9-10H2,1H3. The van der Waals surface area contributed by atoms with Gasteiger partial charge in [0.25, 0.3) is 0 Å². The van der Waals surface area contributed by atoms with Gasteiger partial charge in [0.1, 0.15) is 12.4 Å². The van der Waals surface area contributed by atoms with Crippen LogP contribution in [0.25, 0.3) is 0 Å². The zero-order valence-corrected chi connectivity index (χ0v) is 10.9. The molecule has 0 radical (unpaired) electrons. The van der Waals surface area contributed by atoms with Gasteiger partial charge in [0, 0.05) is 10.6 Å². The SMILES string of the molecule is Cc1ccc(COc2cccc(CO)c2)c(Cl)c1. The molecule has 0 saturated carbocycles. The van der Waals surface area contributed by atoms with Gasteiger partial charge in [-0.15, -0.1) is 0 Å². The van der Waals surface area contributed by atoms with E-state index < -0.39 is 0 Å². The molecule has 0 saturated heterocycles. The number of aryl methyl sites for hydroxylation is 1. The van der Waals surface area contributed by atoms with Crippen molar-refractivity contribution < 1.29 is 9.84 Å². The summed E-state index contributed by atoms with van der Waals surface area (Å²) in [7, 11) is 0. The fourth-order valence-corrected chi connectivity index (χ4v) is 1.95. The lowest BCUT2D eigenvalue weighted by Gasteiger charge is -2.09. The van der Waals surface area contributed by atoms with Crippen LogP contribution in [0.15, 0.2) is 42.5 Å². The molecule has 18 heavy (non-hydrogen) atoms. The Morgan fingerprint density at radius 1 is 1.17 bits per heavy atom. The van der Waals surface area contributed by atoms with Crippen LogP contribution in [0.1, 0.15) is 16.7 Å². The fraction of sp³-hybridized carbons (Fsp3) is 0.200. The Bertz CT molecular complexity index is 538. The first-order chi connectivity index (χ1) is 8.69. The zero-order chi connectivity index (χ0) is 13.0. The van der Waals surface area contributed by atoms with Crippen LogP contribution in [0.3, 0.4) is 0 Å². The molecule has 0 aromatic heterocycles. The van der Waals surface area contributed by atoms with Gasteiger partial charge in [0.05, 0.1) is 6.61 Å². The summed E-state index contributed by atoms with van der Waals surface area (Å²) in [6.07, 6.45) is 0.